The van der Waals surface area contributed by atoms with Crippen LogP contribution < -0.4 is 5.73 Å². The highest BCUT2D eigenvalue weighted by Crippen LogP contribution is 2.32. The Morgan fingerprint density at radius 2 is 1.64 bits per heavy atom. The van der Waals surface area contributed by atoms with Gasteiger partial charge in [0.25, 0.3) is 0 Å². The Kier molecular flexibility index (Phi) is 6.02. The molecule has 0 saturated heterocycles. The van der Waals surface area contributed by atoms with Crippen molar-refractivity contribution >= 4 is 39.5 Å². The van der Waals surface area contributed by atoms with E-state index in [0.717, 1.165) is 21.9 Å². The van der Waals surface area contributed by atoms with Gasteiger partial charge >= 0.3 is 5.97 Å². The molecule has 2 atom stereocenters. The first-order valence-electron chi connectivity index (χ1n) is 9.02. The molecule has 5 heteroatoms. The average molecular weight is 396 g/mol. The molecule has 4 rings (SSSR count). The number of rotatable bonds is 3. The third kappa shape index (κ3) is 4.35. The molecule has 3 N–H and O–H groups in total. The Labute approximate surface area is 168 Å². The van der Waals surface area contributed by atoms with Crippen LogP contribution in [0, 0.1) is 0 Å². The Hall–Kier alpha value is -2.82. The Morgan fingerprint density at radius 3 is 2.25 bits per heavy atom. The Balaban J connectivity index is 0.000000211. The van der Waals surface area contributed by atoms with E-state index in [9.17, 15) is 4.79 Å². The monoisotopic (exact) mass is 395 g/mol. The number of carboxylic acids is 1. The second-order valence-electron chi connectivity index (χ2n) is 6.76. The number of furan rings is 1. The van der Waals surface area contributed by atoms with Crippen LogP contribution >= 0.6 is 11.6 Å². The minimum Gasteiger partial charge on any atom is -0.481 e. The topological polar surface area (TPSA) is 76.5 Å². The number of nitrogens with two attached hydrogens (primary N) is 1. The summed E-state index contributed by atoms with van der Waals surface area (Å²) in [6.07, 6.45) is 0. The Morgan fingerprint density at radius 1 is 0.929 bits per heavy atom. The van der Waals surface area contributed by atoms with Gasteiger partial charge in [0.15, 0.2) is 0 Å². The van der Waals surface area contributed by atoms with Crippen LogP contribution in [0.1, 0.15) is 36.9 Å². The molecule has 0 radical (unpaired) electrons. The maximum Gasteiger partial charge on any atom is 0.310 e. The van der Waals surface area contributed by atoms with Crippen molar-refractivity contribution < 1.29 is 14.3 Å². The molecule has 0 bridgehead atoms. The van der Waals surface area contributed by atoms with Crippen molar-refractivity contribution in [3.05, 3.63) is 82.9 Å². The van der Waals surface area contributed by atoms with Gasteiger partial charge < -0.3 is 15.3 Å². The molecule has 0 amide bonds. The lowest BCUT2D eigenvalue weighted by molar-refractivity contribution is -0.138. The van der Waals surface area contributed by atoms with Crippen LogP contribution in [0.3, 0.4) is 0 Å². The van der Waals surface area contributed by atoms with Gasteiger partial charge in [-0.2, -0.15) is 0 Å². The highest BCUT2D eigenvalue weighted by molar-refractivity contribution is 6.31. The number of halogens is 1. The molecule has 1 aromatic heterocycles. The molecule has 0 aliphatic rings. The van der Waals surface area contributed by atoms with Gasteiger partial charge in [-0.25, -0.2) is 0 Å². The third-order valence-corrected chi connectivity index (χ3v) is 4.89. The first-order valence-corrected chi connectivity index (χ1v) is 9.39. The lowest BCUT2D eigenvalue weighted by Crippen LogP contribution is -2.06. The average Bonchev–Trinajstić information content (AvgIpc) is 3.05. The summed E-state index contributed by atoms with van der Waals surface area (Å²) >= 11 is 5.98. The van der Waals surface area contributed by atoms with Crippen molar-refractivity contribution in [2.75, 3.05) is 0 Å². The van der Waals surface area contributed by atoms with Crippen LogP contribution in [0.5, 0.6) is 0 Å². The lowest BCUT2D eigenvalue weighted by Gasteiger charge is -2.05. The van der Waals surface area contributed by atoms with E-state index in [1.54, 1.807) is 19.1 Å². The van der Waals surface area contributed by atoms with E-state index in [1.807, 2.05) is 61.5 Å². The van der Waals surface area contributed by atoms with Crippen molar-refractivity contribution in [1.82, 2.24) is 0 Å². The van der Waals surface area contributed by atoms with E-state index < -0.39 is 11.9 Å². The van der Waals surface area contributed by atoms with Gasteiger partial charge in [-0.05, 0) is 49.2 Å². The summed E-state index contributed by atoms with van der Waals surface area (Å²) in [7, 11) is 0. The maximum absolute atomic E-state index is 11.0. The molecule has 0 aliphatic heterocycles. The van der Waals surface area contributed by atoms with Gasteiger partial charge in [0.2, 0.25) is 0 Å². The summed E-state index contributed by atoms with van der Waals surface area (Å²) in [6.45, 7) is 3.64. The molecule has 0 aliphatic carbocycles. The quantitative estimate of drug-likeness (QED) is 0.437. The molecule has 144 valence electrons. The maximum atomic E-state index is 11.0. The van der Waals surface area contributed by atoms with Crippen LogP contribution in [0.15, 0.2) is 71.1 Å². The zero-order valence-electron chi connectivity index (χ0n) is 15.7. The van der Waals surface area contributed by atoms with E-state index in [0.29, 0.717) is 10.6 Å². The van der Waals surface area contributed by atoms with Crippen molar-refractivity contribution in [2.45, 2.75) is 25.8 Å². The Bertz CT molecular complexity index is 1100. The second kappa shape index (κ2) is 8.46. The molecular formula is C23H22ClNO3. The van der Waals surface area contributed by atoms with E-state index in [2.05, 4.69) is 0 Å². The summed E-state index contributed by atoms with van der Waals surface area (Å²) in [6, 6.07) is 21.1. The van der Waals surface area contributed by atoms with Crippen molar-refractivity contribution in [1.29, 1.82) is 0 Å². The van der Waals surface area contributed by atoms with Crippen LogP contribution in [0.25, 0.3) is 21.9 Å². The lowest BCUT2D eigenvalue weighted by atomic mass is 10.00. The number of carboxylic acid groups (broad SMARTS) is 1. The fourth-order valence-electron chi connectivity index (χ4n) is 2.93. The summed E-state index contributed by atoms with van der Waals surface area (Å²) in [5.41, 5.74) is 8.97. The zero-order valence-corrected chi connectivity index (χ0v) is 16.5. The number of carbonyl (C=O) groups is 1. The SMILES string of the molecule is CC(C(=O)O)c1ccc2c(c1)oc1ccc(Cl)cc12.CC(N)c1ccccc1. The van der Waals surface area contributed by atoms with E-state index in [-0.39, 0.29) is 6.04 Å². The van der Waals surface area contributed by atoms with Gasteiger partial charge in [0.1, 0.15) is 11.2 Å². The number of benzene rings is 3. The van der Waals surface area contributed by atoms with Crippen LogP contribution in [0.2, 0.25) is 5.02 Å². The van der Waals surface area contributed by atoms with Gasteiger partial charge in [-0.15, -0.1) is 0 Å². The molecular weight excluding hydrogens is 374 g/mol. The number of aliphatic carboxylic acids is 1. The summed E-state index contributed by atoms with van der Waals surface area (Å²) in [4.78, 5) is 11.0. The van der Waals surface area contributed by atoms with Crippen molar-refractivity contribution in [3.8, 4) is 0 Å². The minimum absolute atomic E-state index is 0.159. The minimum atomic E-state index is -0.849. The molecule has 4 nitrogen and oxygen atoms in total. The molecule has 0 saturated carbocycles. The molecule has 0 fully saturated rings. The normalized spacial score (nSPS) is 13.0. The first kappa shape index (κ1) is 19.9. The first-order chi connectivity index (χ1) is 13.4. The number of hydrogen-bond donors (Lipinski definition) is 2. The number of hydrogen-bond acceptors (Lipinski definition) is 3. The third-order valence-electron chi connectivity index (χ3n) is 4.65. The van der Waals surface area contributed by atoms with Crippen LogP contribution in [0.4, 0.5) is 0 Å². The zero-order chi connectivity index (χ0) is 20.3. The van der Waals surface area contributed by atoms with Gasteiger partial charge in [0.05, 0.1) is 5.92 Å². The molecule has 1 heterocycles. The van der Waals surface area contributed by atoms with Gasteiger partial charge in [0, 0.05) is 21.8 Å². The van der Waals surface area contributed by atoms with Gasteiger partial charge in [-0.1, -0.05) is 54.1 Å². The molecule has 0 spiro atoms. The van der Waals surface area contributed by atoms with Gasteiger partial charge in [-0.3, -0.25) is 4.79 Å². The molecule has 3 aromatic carbocycles. The molecule has 4 aromatic rings. The standard InChI is InChI=1S/C15H11ClO3.C8H11N/c1-8(15(17)18)9-2-4-11-12-7-10(16)3-5-13(12)19-14(11)6-9;1-7(9)8-5-3-2-4-6-8/h2-8H,1H3,(H,17,18);2-7H,9H2,1H3. The predicted octanol–water partition coefficient (Wildman–Crippen LogP) is 6.13. The van der Waals surface area contributed by atoms with E-state index >= 15 is 0 Å². The smallest absolute Gasteiger partial charge is 0.310 e. The fraction of sp³-hybridized carbons (Fsp3) is 0.174. The number of fused-ring (bicyclic) bond motifs is 3. The van der Waals surface area contributed by atoms with Crippen molar-refractivity contribution in [3.63, 3.8) is 0 Å². The highest BCUT2D eigenvalue weighted by atomic mass is 35.5. The summed E-state index contributed by atoms with van der Waals surface area (Å²) in [5, 5.41) is 11.6. The van der Waals surface area contributed by atoms with Crippen LogP contribution in [-0.4, -0.2) is 11.1 Å². The largest absolute Gasteiger partial charge is 0.481 e. The fourth-order valence-corrected chi connectivity index (χ4v) is 3.11. The molecule has 2 unspecified atom stereocenters. The summed E-state index contributed by atoms with van der Waals surface area (Å²) < 4.78 is 5.73. The summed E-state index contributed by atoms with van der Waals surface area (Å²) in [5.74, 6) is -1.40. The highest BCUT2D eigenvalue weighted by Gasteiger charge is 2.16. The van der Waals surface area contributed by atoms with Crippen LogP contribution in [-0.2, 0) is 4.79 Å². The second-order valence-corrected chi connectivity index (χ2v) is 7.19. The predicted molar refractivity (Wildman–Crippen MR) is 114 cm³/mol. The molecule has 28 heavy (non-hydrogen) atoms. The van der Waals surface area contributed by atoms with E-state index in [4.69, 9.17) is 26.9 Å². The van der Waals surface area contributed by atoms with Crippen molar-refractivity contribution in [2.24, 2.45) is 5.73 Å². The van der Waals surface area contributed by atoms with E-state index in [1.165, 1.54) is 5.56 Å².